The van der Waals surface area contributed by atoms with Crippen molar-refractivity contribution >= 4 is 16.9 Å². The SMILES string of the molecule is C[C@]1(c2nc3c(C(N)=O)c(F)ccc3[nH]2)CCCN1. The van der Waals surface area contributed by atoms with Gasteiger partial charge in [0.1, 0.15) is 22.7 Å². The van der Waals surface area contributed by atoms with Gasteiger partial charge < -0.3 is 16.0 Å². The van der Waals surface area contributed by atoms with Crippen molar-refractivity contribution in [3.63, 3.8) is 0 Å². The summed E-state index contributed by atoms with van der Waals surface area (Å²) in [7, 11) is 0. The predicted molar refractivity (Wildman–Crippen MR) is 69.2 cm³/mol. The molecule has 1 atom stereocenters. The Morgan fingerprint density at radius 2 is 2.32 bits per heavy atom. The highest BCUT2D eigenvalue weighted by atomic mass is 19.1. The van der Waals surface area contributed by atoms with Crippen LogP contribution in [-0.4, -0.2) is 22.4 Å². The third kappa shape index (κ3) is 1.79. The zero-order valence-electron chi connectivity index (χ0n) is 10.6. The number of halogens is 1. The van der Waals surface area contributed by atoms with Crippen molar-refractivity contribution in [3.8, 4) is 0 Å². The van der Waals surface area contributed by atoms with Crippen molar-refractivity contribution < 1.29 is 9.18 Å². The molecule has 4 N–H and O–H groups in total. The van der Waals surface area contributed by atoms with Gasteiger partial charge >= 0.3 is 0 Å². The zero-order chi connectivity index (χ0) is 13.6. The van der Waals surface area contributed by atoms with Crippen LogP contribution in [0.15, 0.2) is 12.1 Å². The number of imidazole rings is 1. The standard InChI is InChI=1S/C13H15FN4O/c1-13(5-2-6-16-13)12-17-8-4-3-7(14)9(11(15)19)10(8)18-12/h3-4,16H,2,5-6H2,1H3,(H2,15,19)(H,17,18)/t13-/m1/s1. The number of rotatable bonds is 2. The third-order valence-corrected chi connectivity index (χ3v) is 3.74. The van der Waals surface area contributed by atoms with Gasteiger partial charge in [-0.25, -0.2) is 9.37 Å². The van der Waals surface area contributed by atoms with Crippen LogP contribution < -0.4 is 11.1 Å². The fraction of sp³-hybridized carbons (Fsp3) is 0.385. The molecule has 2 heterocycles. The number of primary amides is 1. The van der Waals surface area contributed by atoms with Gasteiger partial charge in [0.2, 0.25) is 0 Å². The number of aromatic nitrogens is 2. The molecule has 1 aliphatic heterocycles. The van der Waals surface area contributed by atoms with Crippen LogP contribution >= 0.6 is 0 Å². The Hall–Kier alpha value is -1.95. The minimum Gasteiger partial charge on any atom is -0.365 e. The van der Waals surface area contributed by atoms with E-state index in [-0.39, 0.29) is 11.1 Å². The molecule has 1 saturated heterocycles. The number of amides is 1. The van der Waals surface area contributed by atoms with Gasteiger partial charge in [-0.2, -0.15) is 0 Å². The van der Waals surface area contributed by atoms with Gasteiger partial charge in [0.05, 0.1) is 11.1 Å². The third-order valence-electron chi connectivity index (χ3n) is 3.74. The van der Waals surface area contributed by atoms with Gasteiger partial charge in [0.25, 0.3) is 5.91 Å². The molecule has 1 aromatic heterocycles. The number of nitrogens with one attached hydrogen (secondary N) is 2. The quantitative estimate of drug-likeness (QED) is 0.765. The van der Waals surface area contributed by atoms with Crippen molar-refractivity contribution in [1.82, 2.24) is 15.3 Å². The van der Waals surface area contributed by atoms with Crippen LogP contribution in [0.5, 0.6) is 0 Å². The predicted octanol–water partition coefficient (Wildman–Crippen LogP) is 1.40. The normalized spacial score (nSPS) is 23.1. The van der Waals surface area contributed by atoms with Crippen LogP contribution in [0.4, 0.5) is 4.39 Å². The first-order chi connectivity index (χ1) is 9.01. The Balaban J connectivity index is 2.21. The lowest BCUT2D eigenvalue weighted by molar-refractivity contribution is 0.0998. The van der Waals surface area contributed by atoms with Crippen molar-refractivity contribution in [3.05, 3.63) is 29.3 Å². The fourth-order valence-electron chi connectivity index (χ4n) is 2.64. The van der Waals surface area contributed by atoms with Gasteiger partial charge in [0.15, 0.2) is 0 Å². The molecule has 19 heavy (non-hydrogen) atoms. The Kier molecular flexibility index (Phi) is 2.56. The van der Waals surface area contributed by atoms with Gasteiger partial charge in [-0.3, -0.25) is 4.79 Å². The number of benzene rings is 1. The summed E-state index contributed by atoms with van der Waals surface area (Å²) in [6.07, 6.45) is 2.01. The number of nitrogens with zero attached hydrogens (tertiary/aromatic N) is 1. The number of hydrogen-bond donors (Lipinski definition) is 3. The molecule has 1 aromatic carbocycles. The summed E-state index contributed by atoms with van der Waals surface area (Å²) in [4.78, 5) is 18.9. The van der Waals surface area contributed by atoms with Crippen LogP contribution in [0, 0.1) is 5.82 Å². The second-order valence-electron chi connectivity index (χ2n) is 5.13. The number of carbonyl (C=O) groups excluding carboxylic acids is 1. The molecule has 0 bridgehead atoms. The smallest absolute Gasteiger partial charge is 0.253 e. The second kappa shape index (κ2) is 4.03. The highest BCUT2D eigenvalue weighted by Crippen LogP contribution is 2.30. The van der Waals surface area contributed by atoms with E-state index in [0.29, 0.717) is 16.9 Å². The zero-order valence-corrected chi connectivity index (χ0v) is 10.6. The summed E-state index contributed by atoms with van der Waals surface area (Å²) >= 11 is 0. The molecule has 1 amide bonds. The largest absolute Gasteiger partial charge is 0.365 e. The summed E-state index contributed by atoms with van der Waals surface area (Å²) in [6, 6.07) is 2.81. The van der Waals surface area contributed by atoms with Crippen molar-refractivity contribution in [2.24, 2.45) is 5.73 Å². The van der Waals surface area contributed by atoms with Crippen molar-refractivity contribution in [2.45, 2.75) is 25.3 Å². The van der Waals surface area contributed by atoms with E-state index in [1.165, 1.54) is 6.07 Å². The van der Waals surface area contributed by atoms with Gasteiger partial charge in [-0.15, -0.1) is 0 Å². The maximum absolute atomic E-state index is 13.7. The number of aromatic amines is 1. The average Bonchev–Trinajstić information content (AvgIpc) is 2.95. The lowest BCUT2D eigenvalue weighted by atomic mass is 10.00. The van der Waals surface area contributed by atoms with Crippen LogP contribution in [0.2, 0.25) is 0 Å². The Labute approximate surface area is 109 Å². The van der Waals surface area contributed by atoms with E-state index in [0.717, 1.165) is 19.4 Å². The number of nitrogens with two attached hydrogens (primary N) is 1. The van der Waals surface area contributed by atoms with E-state index >= 15 is 0 Å². The molecule has 100 valence electrons. The Morgan fingerprint density at radius 3 is 2.95 bits per heavy atom. The van der Waals surface area contributed by atoms with Crippen LogP contribution in [0.3, 0.4) is 0 Å². The lowest BCUT2D eigenvalue weighted by Crippen LogP contribution is -2.34. The minimum absolute atomic E-state index is 0.151. The molecule has 0 unspecified atom stereocenters. The minimum atomic E-state index is -0.800. The van der Waals surface area contributed by atoms with E-state index in [2.05, 4.69) is 15.3 Å². The molecule has 3 rings (SSSR count). The molecule has 5 nitrogen and oxygen atoms in total. The Morgan fingerprint density at radius 1 is 1.53 bits per heavy atom. The highest BCUT2D eigenvalue weighted by Gasteiger charge is 2.33. The van der Waals surface area contributed by atoms with Crippen molar-refractivity contribution in [2.75, 3.05) is 6.54 Å². The van der Waals surface area contributed by atoms with Crippen LogP contribution in [0.25, 0.3) is 11.0 Å². The van der Waals surface area contributed by atoms with Crippen LogP contribution in [-0.2, 0) is 5.54 Å². The van der Waals surface area contributed by atoms with E-state index in [9.17, 15) is 9.18 Å². The molecule has 2 aromatic rings. The number of fused-ring (bicyclic) bond motifs is 1. The fourth-order valence-corrected chi connectivity index (χ4v) is 2.64. The van der Waals surface area contributed by atoms with Gasteiger partial charge in [0, 0.05) is 0 Å². The number of hydrogen-bond acceptors (Lipinski definition) is 3. The maximum Gasteiger partial charge on any atom is 0.253 e. The van der Waals surface area contributed by atoms with Crippen LogP contribution in [0.1, 0.15) is 35.9 Å². The molecule has 0 aliphatic carbocycles. The topological polar surface area (TPSA) is 83.8 Å². The maximum atomic E-state index is 13.7. The van der Waals surface area contributed by atoms with E-state index in [1.807, 2.05) is 6.92 Å². The summed E-state index contributed by atoms with van der Waals surface area (Å²) in [6.45, 7) is 2.96. The molecule has 6 heteroatoms. The molecule has 1 fully saturated rings. The number of carbonyl (C=O) groups is 1. The molecule has 0 spiro atoms. The lowest BCUT2D eigenvalue weighted by Gasteiger charge is -2.21. The average molecular weight is 262 g/mol. The van der Waals surface area contributed by atoms with Gasteiger partial charge in [-0.1, -0.05) is 0 Å². The summed E-state index contributed by atoms with van der Waals surface area (Å²) < 4.78 is 13.7. The van der Waals surface area contributed by atoms with E-state index in [1.54, 1.807) is 6.07 Å². The van der Waals surface area contributed by atoms with E-state index < -0.39 is 11.7 Å². The second-order valence-corrected chi connectivity index (χ2v) is 5.13. The first-order valence-corrected chi connectivity index (χ1v) is 6.25. The Bertz CT molecular complexity index is 658. The first kappa shape index (κ1) is 12.1. The van der Waals surface area contributed by atoms with Gasteiger partial charge in [-0.05, 0) is 38.4 Å². The molecule has 0 radical (unpaired) electrons. The number of H-pyrrole nitrogens is 1. The highest BCUT2D eigenvalue weighted by molar-refractivity contribution is 6.04. The summed E-state index contributed by atoms with van der Waals surface area (Å²) in [5, 5.41) is 3.37. The molecule has 0 saturated carbocycles. The first-order valence-electron chi connectivity index (χ1n) is 6.25. The summed E-state index contributed by atoms with van der Waals surface area (Å²) in [5.74, 6) is -0.721. The van der Waals surface area contributed by atoms with Crippen molar-refractivity contribution in [1.29, 1.82) is 0 Å². The monoisotopic (exact) mass is 262 g/mol. The van der Waals surface area contributed by atoms with E-state index in [4.69, 9.17) is 5.73 Å². The summed E-state index contributed by atoms with van der Waals surface area (Å²) in [5.41, 5.74) is 5.75. The molecular weight excluding hydrogens is 247 g/mol. The molecular formula is C13H15FN4O. The molecule has 1 aliphatic rings.